The molecule has 0 atom stereocenters. The van der Waals surface area contributed by atoms with E-state index in [4.69, 9.17) is 23.2 Å². The second-order valence-corrected chi connectivity index (χ2v) is 4.74. The first-order valence-corrected chi connectivity index (χ1v) is 6.24. The summed E-state index contributed by atoms with van der Waals surface area (Å²) in [6.45, 7) is 0.405. The molecule has 0 aromatic heterocycles. The highest BCUT2D eigenvalue weighted by atomic mass is 35.5. The third-order valence-electron chi connectivity index (χ3n) is 2.57. The van der Waals surface area contributed by atoms with Gasteiger partial charge in [-0.15, -0.1) is 0 Å². The van der Waals surface area contributed by atoms with E-state index in [0.29, 0.717) is 22.2 Å². The van der Waals surface area contributed by atoms with Gasteiger partial charge in [0.25, 0.3) is 5.69 Å². The normalized spacial score (nSPS) is 10.2. The van der Waals surface area contributed by atoms with Gasteiger partial charge >= 0.3 is 0 Å². The molecule has 0 saturated carbocycles. The first-order chi connectivity index (χ1) is 9.06. The lowest BCUT2D eigenvalue weighted by atomic mass is 10.2. The van der Waals surface area contributed by atoms with Crippen molar-refractivity contribution < 1.29 is 4.92 Å². The van der Waals surface area contributed by atoms with Crippen LogP contribution >= 0.6 is 23.2 Å². The van der Waals surface area contributed by atoms with Crippen LogP contribution in [0.1, 0.15) is 5.56 Å². The summed E-state index contributed by atoms with van der Waals surface area (Å²) in [4.78, 5) is 10.3. The molecular formula is C13H10Cl2N2O2. The van der Waals surface area contributed by atoms with E-state index >= 15 is 0 Å². The molecule has 0 unspecified atom stereocenters. The maximum Gasteiger partial charge on any atom is 0.269 e. The number of nitro benzene ring substituents is 1. The van der Waals surface area contributed by atoms with Gasteiger partial charge in [0, 0.05) is 34.4 Å². The molecule has 0 saturated heterocycles. The van der Waals surface area contributed by atoms with Crippen LogP contribution in [-0.2, 0) is 6.54 Å². The molecule has 1 N–H and O–H groups in total. The quantitative estimate of drug-likeness (QED) is 0.667. The number of benzene rings is 2. The van der Waals surface area contributed by atoms with Crippen LogP contribution < -0.4 is 5.32 Å². The molecule has 0 aliphatic rings. The van der Waals surface area contributed by atoms with E-state index in [1.165, 1.54) is 18.2 Å². The standard InChI is InChI=1S/C13H10Cl2N2O2/c14-10-1-3-11(4-2-10)16-8-9-7-12(17(18)19)5-6-13(9)15/h1-7,16H,8H2. The summed E-state index contributed by atoms with van der Waals surface area (Å²) in [6.07, 6.45) is 0. The van der Waals surface area contributed by atoms with E-state index < -0.39 is 4.92 Å². The van der Waals surface area contributed by atoms with Gasteiger partial charge in [0.05, 0.1) is 4.92 Å². The minimum absolute atomic E-state index is 0.0253. The van der Waals surface area contributed by atoms with Gasteiger partial charge in [-0.25, -0.2) is 0 Å². The second-order valence-electron chi connectivity index (χ2n) is 3.89. The Kier molecular flexibility index (Phi) is 4.24. The molecule has 4 nitrogen and oxygen atoms in total. The van der Waals surface area contributed by atoms with Gasteiger partial charge in [0.15, 0.2) is 0 Å². The van der Waals surface area contributed by atoms with E-state index in [1.54, 1.807) is 12.1 Å². The van der Waals surface area contributed by atoms with Crippen LogP contribution in [-0.4, -0.2) is 4.92 Å². The Labute approximate surface area is 120 Å². The van der Waals surface area contributed by atoms with Crippen LogP contribution in [0.2, 0.25) is 10.0 Å². The fourth-order valence-corrected chi connectivity index (χ4v) is 1.89. The summed E-state index contributed by atoms with van der Waals surface area (Å²) in [7, 11) is 0. The molecule has 6 heteroatoms. The zero-order chi connectivity index (χ0) is 13.8. The van der Waals surface area contributed by atoms with Crippen molar-refractivity contribution in [1.29, 1.82) is 0 Å². The molecule has 0 spiro atoms. The Morgan fingerprint density at radius 2 is 1.79 bits per heavy atom. The van der Waals surface area contributed by atoms with E-state index in [0.717, 1.165) is 5.69 Å². The van der Waals surface area contributed by atoms with E-state index in [-0.39, 0.29) is 5.69 Å². The van der Waals surface area contributed by atoms with Crippen molar-refractivity contribution >= 4 is 34.6 Å². The largest absolute Gasteiger partial charge is 0.381 e. The molecule has 0 bridgehead atoms. The zero-order valence-electron chi connectivity index (χ0n) is 9.77. The van der Waals surface area contributed by atoms with Gasteiger partial charge in [-0.05, 0) is 35.9 Å². The first-order valence-electron chi connectivity index (χ1n) is 5.48. The molecule has 0 fully saturated rings. The fourth-order valence-electron chi connectivity index (χ4n) is 1.58. The Morgan fingerprint density at radius 3 is 2.42 bits per heavy atom. The molecule has 0 radical (unpaired) electrons. The summed E-state index contributed by atoms with van der Waals surface area (Å²) >= 11 is 11.8. The maximum absolute atomic E-state index is 10.7. The highest BCUT2D eigenvalue weighted by molar-refractivity contribution is 6.31. The second kappa shape index (κ2) is 5.91. The zero-order valence-corrected chi connectivity index (χ0v) is 11.3. The van der Waals surface area contributed by atoms with Gasteiger partial charge in [-0.3, -0.25) is 10.1 Å². The van der Waals surface area contributed by atoms with Gasteiger partial charge < -0.3 is 5.32 Å². The van der Waals surface area contributed by atoms with Crippen LogP contribution in [0.5, 0.6) is 0 Å². The number of halogens is 2. The molecule has 0 aliphatic heterocycles. The smallest absolute Gasteiger partial charge is 0.269 e. The topological polar surface area (TPSA) is 55.2 Å². The Balaban J connectivity index is 2.12. The van der Waals surface area contributed by atoms with Crippen molar-refractivity contribution in [3.05, 3.63) is 68.2 Å². The van der Waals surface area contributed by atoms with Gasteiger partial charge in [0.1, 0.15) is 0 Å². The summed E-state index contributed by atoms with van der Waals surface area (Å²) < 4.78 is 0. The van der Waals surface area contributed by atoms with Crippen LogP contribution in [0.4, 0.5) is 11.4 Å². The Hall–Kier alpha value is -1.78. The lowest BCUT2D eigenvalue weighted by molar-refractivity contribution is -0.384. The van der Waals surface area contributed by atoms with Crippen molar-refractivity contribution in [2.24, 2.45) is 0 Å². The van der Waals surface area contributed by atoms with Crippen LogP contribution in [0.3, 0.4) is 0 Å². The fraction of sp³-hybridized carbons (Fsp3) is 0.0769. The van der Waals surface area contributed by atoms with Gasteiger partial charge in [0.2, 0.25) is 0 Å². The number of rotatable bonds is 4. The monoisotopic (exact) mass is 296 g/mol. The predicted molar refractivity (Wildman–Crippen MR) is 76.9 cm³/mol. The summed E-state index contributed by atoms with van der Waals surface area (Å²) in [6, 6.07) is 11.6. The van der Waals surface area contributed by atoms with Crippen LogP contribution in [0, 0.1) is 10.1 Å². The van der Waals surface area contributed by atoms with Crippen molar-refractivity contribution in [2.45, 2.75) is 6.54 Å². The van der Waals surface area contributed by atoms with E-state index in [1.807, 2.05) is 12.1 Å². The van der Waals surface area contributed by atoms with Crippen LogP contribution in [0.25, 0.3) is 0 Å². The average molecular weight is 297 g/mol. The number of hydrogen-bond donors (Lipinski definition) is 1. The third-order valence-corrected chi connectivity index (χ3v) is 3.19. The Bertz CT molecular complexity index is 600. The molecule has 2 aromatic carbocycles. The molecular weight excluding hydrogens is 287 g/mol. The number of anilines is 1. The van der Waals surface area contributed by atoms with E-state index in [9.17, 15) is 10.1 Å². The Morgan fingerprint density at radius 1 is 1.11 bits per heavy atom. The summed E-state index contributed by atoms with van der Waals surface area (Å²) in [5.74, 6) is 0. The third kappa shape index (κ3) is 3.59. The van der Waals surface area contributed by atoms with Crippen molar-refractivity contribution in [3.8, 4) is 0 Å². The summed E-state index contributed by atoms with van der Waals surface area (Å²) in [5.41, 5.74) is 1.56. The molecule has 19 heavy (non-hydrogen) atoms. The molecule has 2 rings (SSSR count). The minimum Gasteiger partial charge on any atom is -0.381 e. The number of nitro groups is 1. The highest BCUT2D eigenvalue weighted by Crippen LogP contribution is 2.23. The lowest BCUT2D eigenvalue weighted by Gasteiger charge is -2.08. The SMILES string of the molecule is O=[N+]([O-])c1ccc(Cl)c(CNc2ccc(Cl)cc2)c1. The predicted octanol–water partition coefficient (Wildman–Crippen LogP) is 4.51. The summed E-state index contributed by atoms with van der Waals surface area (Å²) in [5, 5.41) is 15.0. The number of non-ortho nitro benzene ring substituents is 1. The van der Waals surface area contributed by atoms with Crippen molar-refractivity contribution in [2.75, 3.05) is 5.32 Å². The first kappa shape index (κ1) is 13.6. The average Bonchev–Trinajstić information content (AvgIpc) is 2.39. The highest BCUT2D eigenvalue weighted by Gasteiger charge is 2.09. The van der Waals surface area contributed by atoms with Gasteiger partial charge in [-0.1, -0.05) is 23.2 Å². The van der Waals surface area contributed by atoms with Crippen molar-refractivity contribution in [1.82, 2.24) is 0 Å². The van der Waals surface area contributed by atoms with Crippen molar-refractivity contribution in [3.63, 3.8) is 0 Å². The van der Waals surface area contributed by atoms with Gasteiger partial charge in [-0.2, -0.15) is 0 Å². The molecule has 0 amide bonds. The maximum atomic E-state index is 10.7. The number of nitrogens with one attached hydrogen (secondary N) is 1. The molecule has 2 aromatic rings. The number of hydrogen-bond acceptors (Lipinski definition) is 3. The molecule has 98 valence electrons. The molecule has 0 heterocycles. The number of nitrogens with zero attached hydrogens (tertiary/aromatic N) is 1. The minimum atomic E-state index is -0.442. The van der Waals surface area contributed by atoms with Crippen LogP contribution in [0.15, 0.2) is 42.5 Å². The van der Waals surface area contributed by atoms with E-state index in [2.05, 4.69) is 5.32 Å². The lowest BCUT2D eigenvalue weighted by Crippen LogP contribution is -2.01. The molecule has 0 aliphatic carbocycles.